The highest BCUT2D eigenvalue weighted by atomic mass is 16.5. The maximum atomic E-state index is 12.2. The van der Waals surface area contributed by atoms with Gasteiger partial charge in [0.15, 0.2) is 5.76 Å². The van der Waals surface area contributed by atoms with Crippen LogP contribution < -0.4 is 0 Å². The van der Waals surface area contributed by atoms with Gasteiger partial charge in [-0.15, -0.1) is 0 Å². The van der Waals surface area contributed by atoms with Crippen LogP contribution in [0.2, 0.25) is 0 Å². The number of rotatable bonds is 1. The number of hydrogen-bond donors (Lipinski definition) is 1. The summed E-state index contributed by atoms with van der Waals surface area (Å²) in [6.45, 7) is 6.60. The fourth-order valence-corrected chi connectivity index (χ4v) is 5.26. The van der Waals surface area contributed by atoms with Crippen molar-refractivity contribution in [2.45, 2.75) is 52.6 Å². The van der Waals surface area contributed by atoms with Gasteiger partial charge in [0.25, 0.3) is 0 Å². The minimum atomic E-state index is -0.396. The van der Waals surface area contributed by atoms with Crippen molar-refractivity contribution in [2.24, 2.45) is 22.2 Å². The molecule has 3 aliphatic carbocycles. The van der Waals surface area contributed by atoms with Crippen molar-refractivity contribution in [1.29, 1.82) is 0 Å². The number of aliphatic hydroxyl groups is 1. The lowest BCUT2D eigenvalue weighted by Crippen LogP contribution is -2.51. The van der Waals surface area contributed by atoms with Crippen molar-refractivity contribution in [2.75, 3.05) is 7.11 Å². The molecule has 3 aliphatic rings. The number of Topliss-reactive ketones (excluding diaryl/α,β-unsaturated/α-hetero) is 1. The molecule has 0 saturated heterocycles. The summed E-state index contributed by atoms with van der Waals surface area (Å²) in [4.78, 5) is 12.2. The fraction of sp³-hybridized carbons (Fsp3) is 0.812. The van der Waals surface area contributed by atoms with Crippen LogP contribution in [0.3, 0.4) is 0 Å². The Morgan fingerprint density at radius 1 is 1.37 bits per heavy atom. The van der Waals surface area contributed by atoms with Crippen LogP contribution in [0, 0.1) is 22.2 Å². The number of fused-ring (bicyclic) bond motifs is 1. The van der Waals surface area contributed by atoms with E-state index in [-0.39, 0.29) is 28.5 Å². The van der Waals surface area contributed by atoms with Crippen molar-refractivity contribution in [3.63, 3.8) is 0 Å². The van der Waals surface area contributed by atoms with Gasteiger partial charge in [0, 0.05) is 17.9 Å². The van der Waals surface area contributed by atoms with Crippen molar-refractivity contribution in [3.8, 4) is 0 Å². The zero-order chi connectivity index (χ0) is 14.1. The lowest BCUT2D eigenvalue weighted by molar-refractivity contribution is -0.138. The molecule has 0 aromatic heterocycles. The smallest absolute Gasteiger partial charge is 0.202 e. The molecule has 2 saturated carbocycles. The summed E-state index contributed by atoms with van der Waals surface area (Å²) in [6, 6.07) is 0. The molecule has 2 bridgehead atoms. The van der Waals surface area contributed by atoms with E-state index in [4.69, 9.17) is 4.74 Å². The molecule has 1 N–H and O–H groups in total. The second-order valence-electron chi connectivity index (χ2n) is 7.72. The number of allylic oxidation sites excluding steroid dienone is 1. The van der Waals surface area contributed by atoms with Gasteiger partial charge in [-0.05, 0) is 43.1 Å². The molecule has 3 nitrogen and oxygen atoms in total. The summed E-state index contributed by atoms with van der Waals surface area (Å²) in [5.41, 5.74) is -0.338. The average Bonchev–Trinajstić information content (AvgIpc) is 2.53. The summed E-state index contributed by atoms with van der Waals surface area (Å²) >= 11 is 0. The van der Waals surface area contributed by atoms with Crippen LogP contribution in [-0.2, 0) is 9.53 Å². The monoisotopic (exact) mass is 264 g/mol. The zero-order valence-corrected chi connectivity index (χ0v) is 12.3. The quantitative estimate of drug-likeness (QED) is 0.790. The van der Waals surface area contributed by atoms with E-state index >= 15 is 0 Å². The van der Waals surface area contributed by atoms with Crippen LogP contribution in [0.5, 0.6) is 0 Å². The van der Waals surface area contributed by atoms with E-state index in [1.165, 1.54) is 0 Å². The average molecular weight is 264 g/mol. The number of ether oxygens (including phenoxy) is 1. The summed E-state index contributed by atoms with van der Waals surface area (Å²) in [5.74, 6) is 0.391. The molecule has 1 spiro atoms. The third-order valence-electron chi connectivity index (χ3n) is 6.05. The molecule has 19 heavy (non-hydrogen) atoms. The molecule has 2 fully saturated rings. The standard InChI is InChI=1S/C16H24O3/c1-14(2)8-12(19-4)16-7-10(17)13(18)15(3,9-16)6-5-11(14)16/h7,11-12,17H,5-6,8-9H2,1-4H3/t11-,12-,15+,16-/m0/s1. The predicted molar refractivity (Wildman–Crippen MR) is 72.8 cm³/mol. The van der Waals surface area contributed by atoms with Crippen molar-refractivity contribution in [3.05, 3.63) is 11.8 Å². The Labute approximate surface area is 115 Å². The molecule has 4 atom stereocenters. The second kappa shape index (κ2) is 3.63. The largest absolute Gasteiger partial charge is 0.505 e. The Kier molecular flexibility index (Phi) is 2.52. The first-order valence-corrected chi connectivity index (χ1v) is 7.25. The first kappa shape index (κ1) is 13.2. The van der Waals surface area contributed by atoms with Gasteiger partial charge in [0.05, 0.1) is 6.10 Å². The van der Waals surface area contributed by atoms with Crippen LogP contribution in [0.4, 0.5) is 0 Å². The minimum absolute atomic E-state index is 0.0294. The Balaban J connectivity index is 2.16. The van der Waals surface area contributed by atoms with Crippen molar-refractivity contribution < 1.29 is 14.6 Å². The molecule has 106 valence electrons. The van der Waals surface area contributed by atoms with Gasteiger partial charge in [-0.3, -0.25) is 4.79 Å². The third kappa shape index (κ3) is 1.51. The number of aliphatic hydroxyl groups excluding tert-OH is 1. The zero-order valence-electron chi connectivity index (χ0n) is 12.3. The summed E-state index contributed by atoms with van der Waals surface area (Å²) < 4.78 is 5.75. The summed E-state index contributed by atoms with van der Waals surface area (Å²) in [5, 5.41) is 10.1. The highest BCUT2D eigenvalue weighted by Gasteiger charge is 2.65. The molecule has 0 heterocycles. The maximum Gasteiger partial charge on any atom is 0.202 e. The van der Waals surface area contributed by atoms with Crippen molar-refractivity contribution in [1.82, 2.24) is 0 Å². The second-order valence-corrected chi connectivity index (χ2v) is 7.72. The molecule has 0 amide bonds. The van der Waals surface area contributed by atoms with E-state index in [1.54, 1.807) is 7.11 Å². The van der Waals surface area contributed by atoms with Crippen LogP contribution in [0.25, 0.3) is 0 Å². The topological polar surface area (TPSA) is 46.5 Å². The van der Waals surface area contributed by atoms with Crippen LogP contribution >= 0.6 is 0 Å². The molecule has 0 unspecified atom stereocenters. The van der Waals surface area contributed by atoms with E-state index in [0.717, 1.165) is 25.7 Å². The van der Waals surface area contributed by atoms with E-state index in [0.29, 0.717) is 5.92 Å². The Morgan fingerprint density at radius 2 is 2.05 bits per heavy atom. The van der Waals surface area contributed by atoms with E-state index in [1.807, 2.05) is 13.0 Å². The summed E-state index contributed by atoms with van der Waals surface area (Å²) in [6.07, 6.45) is 5.72. The lowest BCUT2D eigenvalue weighted by Gasteiger charge is -2.52. The molecule has 0 aromatic rings. The van der Waals surface area contributed by atoms with Crippen molar-refractivity contribution >= 4 is 5.78 Å². The molecule has 3 rings (SSSR count). The van der Waals surface area contributed by atoms with Crippen LogP contribution in [0.1, 0.15) is 46.5 Å². The highest BCUT2D eigenvalue weighted by molar-refractivity contribution is 5.99. The first-order valence-electron chi connectivity index (χ1n) is 7.25. The molecular formula is C16H24O3. The molecule has 3 heteroatoms. The van der Waals surface area contributed by atoms with Gasteiger partial charge in [0.2, 0.25) is 5.78 Å². The van der Waals surface area contributed by atoms with Crippen LogP contribution in [0.15, 0.2) is 11.8 Å². The fourth-order valence-electron chi connectivity index (χ4n) is 5.26. The van der Waals surface area contributed by atoms with Gasteiger partial charge in [-0.25, -0.2) is 0 Å². The Hall–Kier alpha value is -0.830. The Bertz CT molecular complexity index is 465. The van der Waals surface area contributed by atoms with E-state index in [9.17, 15) is 9.90 Å². The number of hydrogen-bond acceptors (Lipinski definition) is 3. The molecule has 0 radical (unpaired) electrons. The molecule has 0 aliphatic heterocycles. The Morgan fingerprint density at radius 3 is 2.68 bits per heavy atom. The van der Waals surface area contributed by atoms with Gasteiger partial charge >= 0.3 is 0 Å². The molecular weight excluding hydrogens is 240 g/mol. The number of carbonyl (C=O) groups excluding carboxylic acids is 1. The summed E-state index contributed by atoms with van der Waals surface area (Å²) in [7, 11) is 1.76. The van der Waals surface area contributed by atoms with Gasteiger partial charge in [-0.1, -0.05) is 20.8 Å². The lowest BCUT2D eigenvalue weighted by atomic mass is 9.51. The normalized spacial score (nSPS) is 47.8. The van der Waals surface area contributed by atoms with Gasteiger partial charge in [0.1, 0.15) is 0 Å². The van der Waals surface area contributed by atoms with E-state index in [2.05, 4.69) is 13.8 Å². The number of ketones is 1. The highest BCUT2D eigenvalue weighted by Crippen LogP contribution is 2.67. The van der Waals surface area contributed by atoms with Crippen LogP contribution in [-0.4, -0.2) is 24.1 Å². The predicted octanol–water partition coefficient (Wildman–Crippen LogP) is 3.25. The maximum absolute atomic E-state index is 12.2. The number of methoxy groups -OCH3 is 1. The number of carbonyl (C=O) groups is 1. The first-order chi connectivity index (χ1) is 8.75. The van der Waals surface area contributed by atoms with Gasteiger partial charge in [-0.2, -0.15) is 0 Å². The van der Waals surface area contributed by atoms with Gasteiger partial charge < -0.3 is 9.84 Å². The molecule has 0 aromatic carbocycles. The SMILES string of the molecule is CO[C@H]1CC(C)(C)[C@@H]2CC[C@]3(C)C[C@]12C=C(O)C3=O. The van der Waals surface area contributed by atoms with E-state index < -0.39 is 5.41 Å². The minimum Gasteiger partial charge on any atom is -0.505 e. The third-order valence-corrected chi connectivity index (χ3v) is 6.05.